The van der Waals surface area contributed by atoms with Gasteiger partial charge in [0.15, 0.2) is 0 Å². The van der Waals surface area contributed by atoms with Gasteiger partial charge >= 0.3 is 5.97 Å². The van der Waals surface area contributed by atoms with Crippen LogP contribution < -0.4 is 4.72 Å². The van der Waals surface area contributed by atoms with Crippen molar-refractivity contribution in [3.05, 3.63) is 57.8 Å². The van der Waals surface area contributed by atoms with Crippen LogP contribution in [0.15, 0.2) is 41.3 Å². The van der Waals surface area contributed by atoms with E-state index in [-0.39, 0.29) is 21.4 Å². The monoisotopic (exact) mass is 388 g/mol. The zero-order chi connectivity index (χ0) is 17.9. The van der Waals surface area contributed by atoms with Crippen molar-refractivity contribution in [2.45, 2.75) is 4.90 Å². The second-order valence-electron chi connectivity index (χ2n) is 4.39. The summed E-state index contributed by atoms with van der Waals surface area (Å²) in [5, 5.41) is -0.106. The highest BCUT2D eigenvalue weighted by Gasteiger charge is 2.26. The summed E-state index contributed by atoms with van der Waals surface area (Å²) in [5.41, 5.74) is -0.575. The molecule has 2 aromatic rings. The lowest BCUT2D eigenvalue weighted by atomic mass is 10.2. The molecule has 0 unspecified atom stereocenters. The van der Waals surface area contributed by atoms with Gasteiger partial charge in [0, 0.05) is 0 Å². The molecule has 24 heavy (non-hydrogen) atoms. The topological polar surface area (TPSA) is 102 Å². The largest absolute Gasteiger partial charge is 0.465 e. The molecule has 0 aliphatic carbocycles. The molecule has 2 rings (SSSR count). The summed E-state index contributed by atoms with van der Waals surface area (Å²) >= 11 is 11.5. The Labute approximate surface area is 147 Å². The van der Waals surface area contributed by atoms with E-state index in [0.29, 0.717) is 0 Å². The summed E-state index contributed by atoms with van der Waals surface area (Å²) in [6, 6.07) is 7.94. The minimum atomic E-state index is -4.37. The minimum Gasteiger partial charge on any atom is -0.465 e. The van der Waals surface area contributed by atoms with E-state index in [1.807, 2.05) is 0 Å². The van der Waals surface area contributed by atoms with Gasteiger partial charge in [0.2, 0.25) is 0 Å². The molecule has 1 aromatic carbocycles. The van der Waals surface area contributed by atoms with Crippen molar-refractivity contribution < 1.29 is 22.7 Å². The molecule has 0 bridgehead atoms. The molecule has 0 saturated carbocycles. The number of aromatic nitrogens is 1. The van der Waals surface area contributed by atoms with Crippen molar-refractivity contribution in [1.29, 1.82) is 0 Å². The molecule has 0 aliphatic rings. The first-order chi connectivity index (χ1) is 11.3. The van der Waals surface area contributed by atoms with E-state index < -0.39 is 26.8 Å². The maximum atomic E-state index is 12.4. The average molecular weight is 389 g/mol. The lowest BCUT2D eigenvalue weighted by Crippen LogP contribution is -2.32. The number of amides is 1. The number of carbonyl (C=O) groups is 2. The summed E-state index contributed by atoms with van der Waals surface area (Å²) in [6.45, 7) is 0. The van der Waals surface area contributed by atoms with Gasteiger partial charge in [0.1, 0.15) is 15.7 Å². The highest BCUT2D eigenvalue weighted by molar-refractivity contribution is 7.90. The highest BCUT2D eigenvalue weighted by Crippen LogP contribution is 2.19. The van der Waals surface area contributed by atoms with Gasteiger partial charge in [-0.3, -0.25) is 4.79 Å². The fourth-order valence-corrected chi connectivity index (χ4v) is 3.27. The van der Waals surface area contributed by atoms with Crippen LogP contribution >= 0.6 is 23.2 Å². The second-order valence-corrected chi connectivity index (χ2v) is 6.83. The molecule has 1 amide bonds. The lowest BCUT2D eigenvalue weighted by Gasteiger charge is -2.10. The average Bonchev–Trinajstić information content (AvgIpc) is 2.55. The third kappa shape index (κ3) is 3.84. The summed E-state index contributed by atoms with van der Waals surface area (Å²) < 4.78 is 31.1. The summed E-state index contributed by atoms with van der Waals surface area (Å²) in [6.07, 6.45) is 0. The number of halogens is 2. The zero-order valence-electron chi connectivity index (χ0n) is 12.1. The number of esters is 1. The van der Waals surface area contributed by atoms with E-state index in [9.17, 15) is 18.0 Å². The lowest BCUT2D eigenvalue weighted by molar-refractivity contribution is 0.0596. The van der Waals surface area contributed by atoms with Gasteiger partial charge < -0.3 is 4.74 Å². The Kier molecular flexibility index (Phi) is 5.43. The van der Waals surface area contributed by atoms with Crippen LogP contribution in [0.5, 0.6) is 0 Å². The van der Waals surface area contributed by atoms with Crippen molar-refractivity contribution in [3.8, 4) is 0 Å². The van der Waals surface area contributed by atoms with Gasteiger partial charge in [-0.2, -0.15) is 0 Å². The molecule has 1 heterocycles. The van der Waals surface area contributed by atoms with E-state index in [1.165, 1.54) is 30.3 Å². The van der Waals surface area contributed by atoms with Gasteiger partial charge in [-0.15, -0.1) is 0 Å². The molecular formula is C14H10Cl2N2O5S. The van der Waals surface area contributed by atoms with Crippen LogP contribution in [0.3, 0.4) is 0 Å². The van der Waals surface area contributed by atoms with Crippen LogP contribution in [-0.2, 0) is 14.8 Å². The van der Waals surface area contributed by atoms with Crippen LogP contribution in [0, 0.1) is 0 Å². The maximum Gasteiger partial charge on any atom is 0.339 e. The fourth-order valence-electron chi connectivity index (χ4n) is 1.78. The van der Waals surface area contributed by atoms with Gasteiger partial charge in [-0.1, -0.05) is 35.3 Å². The van der Waals surface area contributed by atoms with E-state index in [0.717, 1.165) is 13.2 Å². The van der Waals surface area contributed by atoms with E-state index in [1.54, 1.807) is 4.72 Å². The SMILES string of the molecule is COC(=O)c1ccccc1S(=O)(=O)NC(=O)c1nc(Cl)ccc1Cl. The van der Waals surface area contributed by atoms with Crippen molar-refractivity contribution in [2.75, 3.05) is 7.11 Å². The highest BCUT2D eigenvalue weighted by atomic mass is 35.5. The first-order valence-electron chi connectivity index (χ1n) is 6.33. The molecule has 0 atom stereocenters. The molecule has 0 aliphatic heterocycles. The smallest absolute Gasteiger partial charge is 0.339 e. The first kappa shape index (κ1) is 18.2. The molecule has 0 spiro atoms. The van der Waals surface area contributed by atoms with Crippen LogP contribution in [0.2, 0.25) is 10.2 Å². The number of pyridine rings is 1. The molecular weight excluding hydrogens is 379 g/mol. The van der Waals surface area contributed by atoms with E-state index >= 15 is 0 Å². The second kappa shape index (κ2) is 7.16. The zero-order valence-corrected chi connectivity index (χ0v) is 14.4. The Hall–Kier alpha value is -2.16. The normalized spacial score (nSPS) is 11.0. The number of nitrogens with zero attached hydrogens (tertiary/aromatic N) is 1. The fraction of sp³-hybridized carbons (Fsp3) is 0.0714. The van der Waals surface area contributed by atoms with Crippen molar-refractivity contribution in [1.82, 2.24) is 9.71 Å². The predicted molar refractivity (Wildman–Crippen MR) is 86.7 cm³/mol. The van der Waals surface area contributed by atoms with Crippen molar-refractivity contribution in [3.63, 3.8) is 0 Å². The number of nitrogens with one attached hydrogen (secondary N) is 1. The summed E-state index contributed by atoms with van der Waals surface area (Å²) in [4.78, 5) is 27.1. The molecule has 10 heteroatoms. The summed E-state index contributed by atoms with van der Waals surface area (Å²) in [5.74, 6) is -1.94. The van der Waals surface area contributed by atoms with Crippen LogP contribution in [-0.4, -0.2) is 32.4 Å². The molecule has 126 valence electrons. The minimum absolute atomic E-state index is 0.0306. The Bertz CT molecular complexity index is 915. The van der Waals surface area contributed by atoms with E-state index in [2.05, 4.69) is 9.72 Å². The van der Waals surface area contributed by atoms with Gasteiger partial charge in [-0.25, -0.2) is 22.9 Å². The standard InChI is InChI=1S/C14H10Cl2N2O5S/c1-23-14(20)8-4-2-3-5-10(8)24(21,22)18-13(19)12-9(15)6-7-11(16)17-12/h2-7H,1H3,(H,18,19). The Morgan fingerprint density at radius 2 is 1.79 bits per heavy atom. The number of sulfonamides is 1. The number of hydrogen-bond donors (Lipinski definition) is 1. The number of methoxy groups -OCH3 is 1. The van der Waals surface area contributed by atoms with Gasteiger partial charge in [0.25, 0.3) is 15.9 Å². The summed E-state index contributed by atoms with van der Waals surface area (Å²) in [7, 11) is -3.25. The quantitative estimate of drug-likeness (QED) is 0.636. The molecule has 0 fully saturated rings. The molecule has 1 N–H and O–H groups in total. The van der Waals surface area contributed by atoms with Crippen LogP contribution in [0.25, 0.3) is 0 Å². The number of benzene rings is 1. The molecule has 7 nitrogen and oxygen atoms in total. The number of rotatable bonds is 4. The Morgan fingerprint density at radius 3 is 2.46 bits per heavy atom. The Balaban J connectivity index is 2.41. The van der Waals surface area contributed by atoms with Gasteiger partial charge in [-0.05, 0) is 24.3 Å². The third-order valence-electron chi connectivity index (χ3n) is 2.84. The van der Waals surface area contributed by atoms with Crippen LogP contribution in [0.4, 0.5) is 0 Å². The molecule has 0 radical (unpaired) electrons. The predicted octanol–water partition coefficient (Wildman–Crippen LogP) is 2.29. The van der Waals surface area contributed by atoms with E-state index in [4.69, 9.17) is 23.2 Å². The molecule has 1 aromatic heterocycles. The maximum absolute atomic E-state index is 12.4. The molecule has 0 saturated heterocycles. The van der Waals surface area contributed by atoms with Crippen molar-refractivity contribution in [2.24, 2.45) is 0 Å². The first-order valence-corrected chi connectivity index (χ1v) is 8.56. The van der Waals surface area contributed by atoms with Crippen molar-refractivity contribution >= 4 is 45.1 Å². The number of carbonyl (C=O) groups excluding carboxylic acids is 2. The number of hydrogen-bond acceptors (Lipinski definition) is 6. The Morgan fingerprint density at radius 1 is 1.12 bits per heavy atom. The van der Waals surface area contributed by atoms with Gasteiger partial charge in [0.05, 0.1) is 17.7 Å². The third-order valence-corrected chi connectivity index (χ3v) is 4.74. The number of ether oxygens (including phenoxy) is 1. The van der Waals surface area contributed by atoms with Crippen LogP contribution in [0.1, 0.15) is 20.8 Å².